The van der Waals surface area contributed by atoms with Crippen molar-refractivity contribution in [3.63, 3.8) is 0 Å². The summed E-state index contributed by atoms with van der Waals surface area (Å²) in [4.78, 5) is 0. The number of ether oxygens (including phenoxy) is 1. The topological polar surface area (TPSA) is 21.3 Å². The summed E-state index contributed by atoms with van der Waals surface area (Å²) in [5.41, 5.74) is 0.682. The molecule has 0 amide bonds. The lowest BCUT2D eigenvalue weighted by atomic mass is 9.87. The van der Waals surface area contributed by atoms with Gasteiger partial charge >= 0.3 is 6.36 Å². The normalized spacial score (nSPS) is 24.0. The van der Waals surface area contributed by atoms with E-state index in [1.165, 1.54) is 12.1 Å². The molecule has 1 fully saturated rings. The van der Waals surface area contributed by atoms with Gasteiger partial charge in [0.05, 0.1) is 0 Å². The lowest BCUT2D eigenvalue weighted by Gasteiger charge is -2.27. The van der Waals surface area contributed by atoms with E-state index < -0.39 is 6.36 Å². The van der Waals surface area contributed by atoms with Gasteiger partial charge in [0.15, 0.2) is 0 Å². The van der Waals surface area contributed by atoms with Gasteiger partial charge in [0.1, 0.15) is 5.75 Å². The van der Waals surface area contributed by atoms with Crippen LogP contribution in [0.25, 0.3) is 0 Å². The highest BCUT2D eigenvalue weighted by atomic mass is 19.4. The Hall–Kier alpha value is -1.39. The molecule has 0 heterocycles. The third kappa shape index (κ3) is 4.65. The van der Waals surface area contributed by atoms with Crippen molar-refractivity contribution in [2.75, 3.05) is 5.32 Å². The van der Waals surface area contributed by atoms with Crippen molar-refractivity contribution in [3.05, 3.63) is 24.3 Å². The van der Waals surface area contributed by atoms with Crippen LogP contribution in [-0.2, 0) is 0 Å². The largest absolute Gasteiger partial charge is 0.573 e. The van der Waals surface area contributed by atoms with Crippen molar-refractivity contribution in [1.82, 2.24) is 0 Å². The molecule has 0 aromatic heterocycles. The van der Waals surface area contributed by atoms with Gasteiger partial charge in [0.2, 0.25) is 0 Å². The van der Waals surface area contributed by atoms with Gasteiger partial charge in [-0.3, -0.25) is 0 Å². The average Bonchev–Trinajstić information content (AvgIpc) is 2.30. The highest BCUT2D eigenvalue weighted by Gasteiger charge is 2.31. The van der Waals surface area contributed by atoms with Crippen LogP contribution >= 0.6 is 0 Å². The monoisotopic (exact) mass is 273 g/mol. The molecule has 0 bridgehead atoms. The van der Waals surface area contributed by atoms with Crippen molar-refractivity contribution < 1.29 is 17.9 Å². The smallest absolute Gasteiger partial charge is 0.406 e. The number of benzene rings is 1. The van der Waals surface area contributed by atoms with Gasteiger partial charge < -0.3 is 10.1 Å². The molecule has 1 N–H and O–H groups in total. The highest BCUT2D eigenvalue weighted by molar-refractivity contribution is 5.48. The average molecular weight is 273 g/mol. The molecule has 5 heteroatoms. The molecular formula is C14H18F3NO. The number of hydrogen-bond donors (Lipinski definition) is 1. The minimum Gasteiger partial charge on any atom is -0.406 e. The van der Waals surface area contributed by atoms with Crippen molar-refractivity contribution in [2.24, 2.45) is 5.92 Å². The third-order valence-corrected chi connectivity index (χ3v) is 3.45. The van der Waals surface area contributed by atoms with E-state index in [-0.39, 0.29) is 5.75 Å². The van der Waals surface area contributed by atoms with Gasteiger partial charge in [-0.2, -0.15) is 0 Å². The van der Waals surface area contributed by atoms with E-state index >= 15 is 0 Å². The van der Waals surface area contributed by atoms with E-state index in [2.05, 4.69) is 17.0 Å². The molecule has 0 radical (unpaired) electrons. The minimum atomic E-state index is -4.64. The van der Waals surface area contributed by atoms with E-state index in [1.807, 2.05) is 0 Å². The molecule has 19 heavy (non-hydrogen) atoms. The Bertz CT molecular complexity index is 411. The molecule has 1 aromatic rings. The van der Waals surface area contributed by atoms with E-state index in [1.54, 1.807) is 12.1 Å². The molecule has 0 aliphatic heterocycles. The Morgan fingerprint density at radius 3 is 2.47 bits per heavy atom. The summed E-state index contributed by atoms with van der Waals surface area (Å²) >= 11 is 0. The molecule has 1 aromatic carbocycles. The lowest BCUT2D eigenvalue weighted by Crippen LogP contribution is -2.25. The fourth-order valence-corrected chi connectivity index (χ4v) is 2.42. The highest BCUT2D eigenvalue weighted by Crippen LogP contribution is 2.28. The van der Waals surface area contributed by atoms with Crippen LogP contribution in [0.15, 0.2) is 24.3 Å². The molecule has 2 rings (SSSR count). The zero-order chi connectivity index (χ0) is 13.9. The first-order valence-electron chi connectivity index (χ1n) is 6.55. The Morgan fingerprint density at radius 1 is 1.16 bits per heavy atom. The van der Waals surface area contributed by atoms with E-state index in [4.69, 9.17) is 0 Å². The van der Waals surface area contributed by atoms with Crippen LogP contribution in [0.2, 0.25) is 0 Å². The number of halogens is 3. The van der Waals surface area contributed by atoms with Gasteiger partial charge in [-0.15, -0.1) is 13.2 Å². The number of nitrogens with one attached hydrogen (secondary N) is 1. The van der Waals surface area contributed by atoms with Crippen molar-refractivity contribution >= 4 is 5.69 Å². The molecule has 106 valence electrons. The van der Waals surface area contributed by atoms with Gasteiger partial charge in [-0.05, 0) is 43.7 Å². The first-order chi connectivity index (χ1) is 8.92. The van der Waals surface area contributed by atoms with Crippen LogP contribution in [0.4, 0.5) is 18.9 Å². The maximum atomic E-state index is 12.1. The fraction of sp³-hybridized carbons (Fsp3) is 0.571. The minimum absolute atomic E-state index is 0.179. The second-order valence-electron chi connectivity index (χ2n) is 5.18. The molecule has 2 nitrogen and oxygen atoms in total. The summed E-state index contributed by atoms with van der Waals surface area (Å²) in [5.74, 6) is 0.569. The van der Waals surface area contributed by atoms with Crippen LogP contribution in [0.3, 0.4) is 0 Å². The third-order valence-electron chi connectivity index (χ3n) is 3.45. The van der Waals surface area contributed by atoms with Crippen molar-refractivity contribution in [1.29, 1.82) is 0 Å². The number of hydrogen-bond acceptors (Lipinski definition) is 2. The molecule has 0 spiro atoms. The molecular weight excluding hydrogens is 255 g/mol. The van der Waals surface area contributed by atoms with Crippen LogP contribution in [0.1, 0.15) is 32.6 Å². The Kier molecular flexibility index (Phi) is 4.22. The Labute approximate surface area is 111 Å². The molecule has 0 unspecified atom stereocenters. The zero-order valence-electron chi connectivity index (χ0n) is 10.8. The van der Waals surface area contributed by atoms with Crippen LogP contribution in [0.5, 0.6) is 5.75 Å². The molecule has 0 saturated heterocycles. The summed E-state index contributed by atoms with van der Waals surface area (Å²) in [7, 11) is 0. The van der Waals surface area contributed by atoms with Gasteiger partial charge in [0.25, 0.3) is 0 Å². The second kappa shape index (κ2) is 5.72. The summed E-state index contributed by atoms with van der Waals surface area (Å²) < 4.78 is 40.3. The van der Waals surface area contributed by atoms with Crippen LogP contribution in [0, 0.1) is 5.92 Å². The van der Waals surface area contributed by atoms with Crippen molar-refractivity contribution in [3.8, 4) is 5.75 Å². The molecule has 1 saturated carbocycles. The Balaban J connectivity index is 1.95. The standard InChI is InChI=1S/C14H18F3NO/c1-10-5-7-11(8-6-10)18-12-3-2-4-13(9-12)19-14(15,16)17/h2-4,9-11,18H,5-8H2,1H3. The first kappa shape index (κ1) is 14.0. The van der Waals surface area contributed by atoms with E-state index in [0.717, 1.165) is 31.6 Å². The summed E-state index contributed by atoms with van der Waals surface area (Å²) in [6.07, 6.45) is -0.192. The SMILES string of the molecule is CC1CCC(Nc2cccc(OC(F)(F)F)c2)CC1. The molecule has 0 atom stereocenters. The summed E-state index contributed by atoms with van der Waals surface area (Å²) in [6.45, 7) is 2.23. The van der Waals surface area contributed by atoms with Crippen LogP contribution in [-0.4, -0.2) is 12.4 Å². The number of alkyl halides is 3. The van der Waals surface area contributed by atoms with E-state index in [9.17, 15) is 13.2 Å². The predicted octanol–water partition coefficient (Wildman–Crippen LogP) is 4.58. The fourth-order valence-electron chi connectivity index (χ4n) is 2.42. The Morgan fingerprint density at radius 2 is 1.84 bits per heavy atom. The predicted molar refractivity (Wildman–Crippen MR) is 68.2 cm³/mol. The van der Waals surface area contributed by atoms with Gasteiger partial charge in [-0.25, -0.2) is 0 Å². The van der Waals surface area contributed by atoms with Gasteiger partial charge in [-0.1, -0.05) is 13.0 Å². The lowest BCUT2D eigenvalue weighted by molar-refractivity contribution is -0.274. The maximum Gasteiger partial charge on any atom is 0.573 e. The summed E-state index contributed by atoms with van der Waals surface area (Å²) in [5, 5.41) is 3.28. The van der Waals surface area contributed by atoms with Crippen LogP contribution < -0.4 is 10.1 Å². The van der Waals surface area contributed by atoms with E-state index in [0.29, 0.717) is 11.7 Å². The quantitative estimate of drug-likeness (QED) is 0.870. The zero-order valence-corrected chi connectivity index (χ0v) is 10.8. The molecule has 1 aliphatic carbocycles. The maximum absolute atomic E-state index is 12.1. The molecule has 1 aliphatic rings. The first-order valence-corrected chi connectivity index (χ1v) is 6.55. The number of anilines is 1. The second-order valence-corrected chi connectivity index (χ2v) is 5.18. The number of rotatable bonds is 3. The van der Waals surface area contributed by atoms with Crippen molar-refractivity contribution in [2.45, 2.75) is 45.0 Å². The van der Waals surface area contributed by atoms with Gasteiger partial charge in [0, 0.05) is 17.8 Å². The summed E-state index contributed by atoms with van der Waals surface area (Å²) in [6, 6.07) is 6.38.